The molecule has 0 atom stereocenters. The van der Waals surface area contributed by atoms with Gasteiger partial charge in [-0.3, -0.25) is 4.79 Å². The Balaban J connectivity index is 1.57. The maximum absolute atomic E-state index is 13.7. The Bertz CT molecular complexity index is 1550. The molecule has 0 unspecified atom stereocenters. The van der Waals surface area contributed by atoms with E-state index in [1.54, 1.807) is 12.1 Å². The number of nitrogens with one attached hydrogen (secondary N) is 1. The van der Waals surface area contributed by atoms with Gasteiger partial charge in [0.25, 0.3) is 5.91 Å². The van der Waals surface area contributed by atoms with Gasteiger partial charge in [0.15, 0.2) is 0 Å². The highest BCUT2D eigenvalue weighted by atomic mass is 19.4. The van der Waals surface area contributed by atoms with Gasteiger partial charge in [-0.05, 0) is 42.0 Å². The lowest BCUT2D eigenvalue weighted by Crippen LogP contribution is -2.18. The third kappa shape index (κ3) is 3.98. The number of hydrogen-bond acceptors (Lipinski definition) is 3. The zero-order valence-corrected chi connectivity index (χ0v) is 17.8. The van der Waals surface area contributed by atoms with Crippen molar-refractivity contribution in [2.24, 2.45) is 7.05 Å². The Morgan fingerprint density at radius 1 is 1.00 bits per heavy atom. The van der Waals surface area contributed by atoms with Gasteiger partial charge in [-0.2, -0.15) is 13.2 Å². The molecule has 0 saturated heterocycles. The van der Waals surface area contributed by atoms with E-state index in [-0.39, 0.29) is 23.3 Å². The second-order valence-corrected chi connectivity index (χ2v) is 7.90. The van der Waals surface area contributed by atoms with E-state index in [9.17, 15) is 22.4 Å². The van der Waals surface area contributed by atoms with Crippen LogP contribution in [0.15, 0.2) is 67.1 Å². The van der Waals surface area contributed by atoms with Gasteiger partial charge < -0.3 is 14.5 Å². The first kappa shape index (κ1) is 21.6. The first-order valence-electron chi connectivity index (χ1n) is 10.2. The van der Waals surface area contributed by atoms with Crippen LogP contribution in [0.2, 0.25) is 0 Å². The Kier molecular flexibility index (Phi) is 5.07. The number of carbonyl (C=O) groups excluding carboxylic acids is 1. The Morgan fingerprint density at radius 3 is 2.56 bits per heavy atom. The molecule has 0 aliphatic carbocycles. The van der Waals surface area contributed by atoms with Crippen molar-refractivity contribution in [1.29, 1.82) is 0 Å². The van der Waals surface area contributed by atoms with E-state index < -0.39 is 23.5 Å². The average molecular weight is 467 g/mol. The van der Waals surface area contributed by atoms with Gasteiger partial charge in [0.2, 0.25) is 0 Å². The summed E-state index contributed by atoms with van der Waals surface area (Å²) in [6, 6.07) is 11.6. The number of anilines is 1. The number of benzene rings is 1. The standard InChI is InChI=1S/C24H17F4N5O/c1-32-6-5-15-9-19(12-30-21(15)32)31-23(34)20-10-16-8-17(24(26,27)28)11-29-22(16)33(20)13-14-3-2-4-18(25)7-14/h2-12H,13H2,1H3,(H,31,34). The molecule has 4 aromatic heterocycles. The lowest BCUT2D eigenvalue weighted by Gasteiger charge is -2.12. The smallest absolute Gasteiger partial charge is 0.336 e. The lowest BCUT2D eigenvalue weighted by atomic mass is 10.2. The number of halogens is 4. The summed E-state index contributed by atoms with van der Waals surface area (Å²) in [6.45, 7) is 0.0400. The number of carbonyl (C=O) groups is 1. The molecule has 1 N–H and O–H groups in total. The lowest BCUT2D eigenvalue weighted by molar-refractivity contribution is -0.137. The predicted molar refractivity (Wildman–Crippen MR) is 119 cm³/mol. The molecule has 1 amide bonds. The maximum atomic E-state index is 13.7. The van der Waals surface area contributed by atoms with E-state index in [0.717, 1.165) is 23.3 Å². The molecule has 0 fully saturated rings. The topological polar surface area (TPSA) is 64.7 Å². The van der Waals surface area contributed by atoms with Crippen LogP contribution in [0.5, 0.6) is 0 Å². The van der Waals surface area contributed by atoms with Crippen LogP contribution in [-0.4, -0.2) is 25.0 Å². The van der Waals surface area contributed by atoms with Crippen LogP contribution in [0.4, 0.5) is 23.2 Å². The summed E-state index contributed by atoms with van der Waals surface area (Å²) in [5, 5.41) is 3.71. The Hall–Kier alpha value is -4.21. The summed E-state index contributed by atoms with van der Waals surface area (Å²) in [5.41, 5.74) is 1.03. The number of fused-ring (bicyclic) bond motifs is 2. The number of pyridine rings is 2. The molecule has 5 rings (SSSR count). The zero-order chi connectivity index (χ0) is 24.0. The Labute approximate surface area is 190 Å². The fraction of sp³-hybridized carbons (Fsp3) is 0.125. The fourth-order valence-electron chi connectivity index (χ4n) is 3.88. The van der Waals surface area contributed by atoms with E-state index in [0.29, 0.717) is 11.3 Å². The summed E-state index contributed by atoms with van der Waals surface area (Å²) >= 11 is 0. The molecule has 5 aromatic rings. The van der Waals surface area contributed by atoms with E-state index >= 15 is 0 Å². The quantitative estimate of drug-likeness (QED) is 0.361. The normalized spacial score (nSPS) is 11.9. The van der Waals surface area contributed by atoms with Crippen molar-refractivity contribution < 1.29 is 22.4 Å². The number of rotatable bonds is 4. The molecule has 0 aliphatic rings. The number of nitrogens with zero attached hydrogens (tertiary/aromatic N) is 4. The van der Waals surface area contributed by atoms with E-state index in [1.807, 2.05) is 23.9 Å². The molecule has 1 aromatic carbocycles. The predicted octanol–water partition coefficient (Wildman–Crippen LogP) is 5.38. The van der Waals surface area contributed by atoms with Gasteiger partial charge in [-0.1, -0.05) is 12.1 Å². The summed E-state index contributed by atoms with van der Waals surface area (Å²) in [4.78, 5) is 21.5. The molecule has 172 valence electrons. The molecule has 6 nitrogen and oxygen atoms in total. The second kappa shape index (κ2) is 7.98. The van der Waals surface area contributed by atoms with Crippen molar-refractivity contribution in [3.8, 4) is 0 Å². The highest BCUT2D eigenvalue weighted by molar-refractivity contribution is 6.06. The van der Waals surface area contributed by atoms with Crippen LogP contribution in [0.25, 0.3) is 22.1 Å². The summed E-state index contributed by atoms with van der Waals surface area (Å²) < 4.78 is 56.7. The van der Waals surface area contributed by atoms with Crippen molar-refractivity contribution >= 4 is 33.7 Å². The number of hydrogen-bond donors (Lipinski definition) is 1. The third-order valence-corrected chi connectivity index (χ3v) is 5.49. The van der Waals surface area contributed by atoms with Gasteiger partial charge in [-0.15, -0.1) is 0 Å². The van der Waals surface area contributed by atoms with Crippen molar-refractivity contribution in [2.75, 3.05) is 5.32 Å². The number of amides is 1. The molecule has 0 bridgehead atoms. The molecule has 0 radical (unpaired) electrons. The molecule has 10 heteroatoms. The number of aryl methyl sites for hydroxylation is 1. The Morgan fingerprint density at radius 2 is 1.79 bits per heavy atom. The molecule has 4 heterocycles. The van der Waals surface area contributed by atoms with Crippen LogP contribution in [0.1, 0.15) is 21.6 Å². The van der Waals surface area contributed by atoms with Gasteiger partial charge >= 0.3 is 6.18 Å². The van der Waals surface area contributed by atoms with Crippen molar-refractivity contribution in [1.82, 2.24) is 19.1 Å². The van der Waals surface area contributed by atoms with Gasteiger partial charge in [0.05, 0.1) is 17.4 Å². The minimum atomic E-state index is -4.58. The molecule has 0 spiro atoms. The zero-order valence-electron chi connectivity index (χ0n) is 17.8. The summed E-state index contributed by atoms with van der Waals surface area (Å²) in [6.07, 6.45) is -0.520. The third-order valence-electron chi connectivity index (χ3n) is 5.49. The van der Waals surface area contributed by atoms with Crippen LogP contribution in [0.3, 0.4) is 0 Å². The fourth-order valence-corrected chi connectivity index (χ4v) is 3.88. The maximum Gasteiger partial charge on any atom is 0.417 e. The van der Waals surface area contributed by atoms with E-state index in [1.165, 1.54) is 35.0 Å². The van der Waals surface area contributed by atoms with E-state index in [4.69, 9.17) is 0 Å². The van der Waals surface area contributed by atoms with Crippen LogP contribution in [-0.2, 0) is 19.8 Å². The average Bonchev–Trinajstić information content (AvgIpc) is 3.33. The molecule has 0 aliphatic heterocycles. The minimum absolute atomic E-state index is 0.0400. The van der Waals surface area contributed by atoms with Crippen LogP contribution < -0.4 is 5.32 Å². The highest BCUT2D eigenvalue weighted by Crippen LogP contribution is 2.32. The number of alkyl halides is 3. The van der Waals surface area contributed by atoms with E-state index in [2.05, 4.69) is 15.3 Å². The van der Waals surface area contributed by atoms with Gasteiger partial charge in [0.1, 0.15) is 22.8 Å². The molecular weight excluding hydrogens is 450 g/mol. The van der Waals surface area contributed by atoms with Crippen LogP contribution >= 0.6 is 0 Å². The van der Waals surface area contributed by atoms with Crippen molar-refractivity contribution in [3.05, 3.63) is 89.8 Å². The van der Waals surface area contributed by atoms with Crippen molar-refractivity contribution in [3.63, 3.8) is 0 Å². The van der Waals surface area contributed by atoms with Gasteiger partial charge in [-0.25, -0.2) is 14.4 Å². The first-order valence-corrected chi connectivity index (χ1v) is 10.2. The largest absolute Gasteiger partial charge is 0.417 e. The van der Waals surface area contributed by atoms with Gasteiger partial charge in [0, 0.05) is 36.8 Å². The highest BCUT2D eigenvalue weighted by Gasteiger charge is 2.32. The molecule has 0 saturated carbocycles. The minimum Gasteiger partial charge on any atom is -0.336 e. The molecular formula is C24H17F4N5O. The summed E-state index contributed by atoms with van der Waals surface area (Å²) in [5.74, 6) is -1.02. The number of aromatic nitrogens is 4. The monoisotopic (exact) mass is 467 g/mol. The molecule has 34 heavy (non-hydrogen) atoms. The second-order valence-electron chi connectivity index (χ2n) is 7.90. The van der Waals surface area contributed by atoms with Crippen molar-refractivity contribution in [2.45, 2.75) is 12.7 Å². The summed E-state index contributed by atoms with van der Waals surface area (Å²) in [7, 11) is 1.85. The SMILES string of the molecule is Cn1ccc2cc(NC(=O)c3cc4cc(C(F)(F)F)cnc4n3Cc3cccc(F)c3)cnc21. The first-order chi connectivity index (χ1) is 16.2. The van der Waals surface area contributed by atoms with Crippen LogP contribution in [0, 0.1) is 5.82 Å².